The van der Waals surface area contributed by atoms with E-state index in [-0.39, 0.29) is 0 Å². The van der Waals surface area contributed by atoms with Crippen LogP contribution >= 0.6 is 11.6 Å². The zero-order valence-electron chi connectivity index (χ0n) is 7.84. The van der Waals surface area contributed by atoms with Crippen LogP contribution in [0.4, 0.5) is 0 Å². The van der Waals surface area contributed by atoms with Crippen LogP contribution in [0.25, 0.3) is 0 Å². The van der Waals surface area contributed by atoms with Crippen molar-refractivity contribution in [2.24, 2.45) is 7.05 Å². The van der Waals surface area contributed by atoms with E-state index < -0.39 is 11.3 Å². The van der Waals surface area contributed by atoms with E-state index in [2.05, 4.69) is 0 Å². The normalized spacial score (nSPS) is 12.9. The van der Waals surface area contributed by atoms with Gasteiger partial charge in [-0.1, -0.05) is 0 Å². The van der Waals surface area contributed by atoms with Crippen molar-refractivity contribution in [3.05, 3.63) is 23.0 Å². The van der Waals surface area contributed by atoms with E-state index in [0.29, 0.717) is 5.56 Å². The number of carboxylic acids is 1. The number of carboxylic acid groups (broad SMARTS) is 1. The maximum absolute atomic E-state index is 10.6. The molecule has 1 aromatic rings. The van der Waals surface area contributed by atoms with Crippen LogP contribution < -0.4 is 0 Å². The van der Waals surface area contributed by atoms with E-state index >= 15 is 0 Å². The van der Waals surface area contributed by atoms with E-state index in [1.54, 1.807) is 6.07 Å². The molecule has 72 valence electrons. The summed E-state index contributed by atoms with van der Waals surface area (Å²) in [5, 5.41) is 7.77. The number of aromatic nitrogens is 1. The highest BCUT2D eigenvalue weighted by Crippen LogP contribution is 2.26. The molecule has 1 unspecified atom stereocenters. The topological polar surface area (TPSA) is 42.2 Å². The van der Waals surface area contributed by atoms with Gasteiger partial charge in [0.25, 0.3) is 0 Å². The standard InChI is InChI=1S/C9H12ClNO2/c1-5-4-7(6(2)11(5)3)8(10)9(12)13/h4,8H,1-3H3,(H,12,13). The van der Waals surface area contributed by atoms with Crippen LogP contribution in [0.2, 0.25) is 0 Å². The van der Waals surface area contributed by atoms with Gasteiger partial charge in [-0.05, 0) is 19.9 Å². The van der Waals surface area contributed by atoms with Crippen LogP contribution in [0.1, 0.15) is 22.3 Å². The monoisotopic (exact) mass is 201 g/mol. The number of nitrogens with zero attached hydrogens (tertiary/aromatic N) is 1. The molecule has 1 rings (SSSR count). The molecule has 3 nitrogen and oxygen atoms in total. The molecular formula is C9H12ClNO2. The molecule has 0 fully saturated rings. The molecular weight excluding hydrogens is 190 g/mol. The Morgan fingerprint density at radius 3 is 2.46 bits per heavy atom. The molecule has 0 bridgehead atoms. The van der Waals surface area contributed by atoms with Crippen molar-refractivity contribution in [2.45, 2.75) is 19.2 Å². The number of carbonyl (C=O) groups is 1. The highest BCUT2D eigenvalue weighted by atomic mass is 35.5. The molecule has 1 atom stereocenters. The van der Waals surface area contributed by atoms with Gasteiger partial charge in [-0.3, -0.25) is 4.79 Å². The van der Waals surface area contributed by atoms with Crippen LogP contribution in [-0.4, -0.2) is 15.6 Å². The Kier molecular flexibility index (Phi) is 2.66. The summed E-state index contributed by atoms with van der Waals surface area (Å²) >= 11 is 5.72. The molecule has 1 heterocycles. The third-order valence-electron chi connectivity index (χ3n) is 2.30. The van der Waals surface area contributed by atoms with Gasteiger partial charge in [-0.2, -0.15) is 0 Å². The Morgan fingerprint density at radius 1 is 1.62 bits per heavy atom. The van der Waals surface area contributed by atoms with Crippen molar-refractivity contribution < 1.29 is 9.90 Å². The van der Waals surface area contributed by atoms with Gasteiger partial charge in [-0.25, -0.2) is 0 Å². The molecule has 0 aliphatic heterocycles. The summed E-state index contributed by atoms with van der Waals surface area (Å²) in [6, 6.07) is 1.81. The molecule has 1 N–H and O–H groups in total. The number of aryl methyl sites for hydroxylation is 1. The summed E-state index contributed by atoms with van der Waals surface area (Å²) in [6.45, 7) is 3.78. The van der Waals surface area contributed by atoms with Crippen molar-refractivity contribution in [1.29, 1.82) is 0 Å². The largest absolute Gasteiger partial charge is 0.480 e. The van der Waals surface area contributed by atoms with Gasteiger partial charge < -0.3 is 9.67 Å². The summed E-state index contributed by atoms with van der Waals surface area (Å²) in [5.41, 5.74) is 2.59. The third kappa shape index (κ3) is 1.70. The molecule has 0 aromatic carbocycles. The Labute approximate surface area is 81.9 Å². The molecule has 0 amide bonds. The maximum atomic E-state index is 10.6. The van der Waals surface area contributed by atoms with Gasteiger partial charge in [0, 0.05) is 24.0 Å². The first-order valence-electron chi connectivity index (χ1n) is 3.95. The fourth-order valence-electron chi connectivity index (χ4n) is 1.27. The second kappa shape index (κ2) is 3.42. The van der Waals surface area contributed by atoms with Gasteiger partial charge >= 0.3 is 5.97 Å². The summed E-state index contributed by atoms with van der Waals surface area (Å²) in [5.74, 6) is -1.00. The number of hydrogen-bond acceptors (Lipinski definition) is 1. The van der Waals surface area contributed by atoms with Gasteiger partial charge in [0.15, 0.2) is 5.38 Å². The molecule has 4 heteroatoms. The van der Waals surface area contributed by atoms with Crippen LogP contribution in [0, 0.1) is 13.8 Å². The van der Waals surface area contributed by atoms with Crippen molar-refractivity contribution in [3.63, 3.8) is 0 Å². The minimum atomic E-state index is -1.00. The minimum absolute atomic E-state index is 0.675. The number of rotatable bonds is 2. The van der Waals surface area contributed by atoms with Crippen LogP contribution in [-0.2, 0) is 11.8 Å². The van der Waals surface area contributed by atoms with Crippen LogP contribution in [0.5, 0.6) is 0 Å². The average Bonchev–Trinajstić information content (AvgIpc) is 2.31. The van der Waals surface area contributed by atoms with Crippen molar-refractivity contribution >= 4 is 17.6 Å². The molecule has 13 heavy (non-hydrogen) atoms. The first-order chi connectivity index (χ1) is 5.95. The van der Waals surface area contributed by atoms with Gasteiger partial charge in [0.1, 0.15) is 0 Å². The van der Waals surface area contributed by atoms with Crippen molar-refractivity contribution in [3.8, 4) is 0 Å². The number of aliphatic carboxylic acids is 1. The molecule has 0 aliphatic carbocycles. The second-order valence-electron chi connectivity index (χ2n) is 3.09. The maximum Gasteiger partial charge on any atom is 0.326 e. The van der Waals surface area contributed by atoms with Crippen LogP contribution in [0.15, 0.2) is 6.07 Å². The highest BCUT2D eigenvalue weighted by Gasteiger charge is 2.20. The third-order valence-corrected chi connectivity index (χ3v) is 2.73. The summed E-state index contributed by atoms with van der Waals surface area (Å²) in [6.07, 6.45) is 0. The number of alkyl halides is 1. The Bertz CT molecular complexity index is 344. The molecule has 0 spiro atoms. The zero-order valence-corrected chi connectivity index (χ0v) is 8.59. The lowest BCUT2D eigenvalue weighted by molar-refractivity contribution is -0.136. The lowest BCUT2D eigenvalue weighted by Gasteiger charge is -2.04. The number of hydrogen-bond donors (Lipinski definition) is 1. The summed E-state index contributed by atoms with van der Waals surface area (Å²) in [4.78, 5) is 10.6. The van der Waals surface area contributed by atoms with Crippen molar-refractivity contribution in [1.82, 2.24) is 4.57 Å². The predicted molar refractivity (Wildman–Crippen MR) is 51.1 cm³/mol. The first-order valence-corrected chi connectivity index (χ1v) is 4.38. The van der Waals surface area contributed by atoms with E-state index in [9.17, 15) is 4.79 Å². The molecule has 0 saturated carbocycles. The van der Waals surface area contributed by atoms with E-state index in [1.165, 1.54) is 0 Å². The number of halogens is 1. The first kappa shape index (κ1) is 10.1. The molecule has 0 saturated heterocycles. The average molecular weight is 202 g/mol. The Balaban J connectivity index is 3.15. The zero-order chi connectivity index (χ0) is 10.2. The Morgan fingerprint density at radius 2 is 2.15 bits per heavy atom. The quantitative estimate of drug-likeness (QED) is 0.744. The second-order valence-corrected chi connectivity index (χ2v) is 3.52. The smallest absolute Gasteiger partial charge is 0.326 e. The van der Waals surface area contributed by atoms with Gasteiger partial charge in [0.2, 0.25) is 0 Å². The van der Waals surface area contributed by atoms with Gasteiger partial charge in [-0.15, -0.1) is 11.6 Å². The Hall–Kier alpha value is -0.960. The predicted octanol–water partition coefficient (Wildman–Crippen LogP) is 2.01. The molecule has 0 radical (unpaired) electrons. The van der Waals surface area contributed by atoms with E-state index in [4.69, 9.17) is 16.7 Å². The lowest BCUT2D eigenvalue weighted by Crippen LogP contribution is -2.06. The van der Waals surface area contributed by atoms with Gasteiger partial charge in [0.05, 0.1) is 0 Å². The van der Waals surface area contributed by atoms with E-state index in [1.807, 2.05) is 25.5 Å². The summed E-state index contributed by atoms with van der Waals surface area (Å²) < 4.78 is 1.92. The molecule has 1 aromatic heterocycles. The SMILES string of the molecule is Cc1cc(C(Cl)C(=O)O)c(C)n1C. The highest BCUT2D eigenvalue weighted by molar-refractivity contribution is 6.29. The lowest BCUT2D eigenvalue weighted by atomic mass is 10.2. The molecule has 0 aliphatic rings. The fraction of sp³-hybridized carbons (Fsp3) is 0.444. The van der Waals surface area contributed by atoms with Crippen molar-refractivity contribution in [2.75, 3.05) is 0 Å². The van der Waals surface area contributed by atoms with Crippen LogP contribution in [0.3, 0.4) is 0 Å². The fourth-order valence-corrected chi connectivity index (χ4v) is 1.49. The summed E-state index contributed by atoms with van der Waals surface area (Å²) in [7, 11) is 1.89. The minimum Gasteiger partial charge on any atom is -0.480 e. The van der Waals surface area contributed by atoms with E-state index in [0.717, 1.165) is 11.4 Å².